The van der Waals surface area contributed by atoms with E-state index < -0.39 is 5.97 Å². The topological polar surface area (TPSA) is 55.8 Å². The van der Waals surface area contributed by atoms with E-state index in [4.69, 9.17) is 9.47 Å². The van der Waals surface area contributed by atoms with Gasteiger partial charge in [-0.15, -0.1) is 0 Å². The Kier molecular flexibility index (Phi) is 4.40. The van der Waals surface area contributed by atoms with Crippen molar-refractivity contribution in [1.29, 1.82) is 0 Å². The summed E-state index contributed by atoms with van der Waals surface area (Å²) >= 11 is 0. The number of hydrogen-bond acceptors (Lipinski definition) is 4. The van der Waals surface area contributed by atoms with Gasteiger partial charge >= 0.3 is 5.97 Å². The van der Waals surface area contributed by atoms with Crippen LogP contribution in [0.2, 0.25) is 0 Å². The highest BCUT2D eigenvalue weighted by atomic mass is 16.5. The van der Waals surface area contributed by atoms with E-state index in [1.807, 2.05) is 12.1 Å². The van der Waals surface area contributed by atoms with E-state index in [1.165, 1.54) is 4.90 Å². The lowest BCUT2D eigenvalue weighted by atomic mass is 10.2. The van der Waals surface area contributed by atoms with Gasteiger partial charge in [-0.25, -0.2) is 4.79 Å². The van der Waals surface area contributed by atoms with Gasteiger partial charge in [-0.2, -0.15) is 0 Å². The first kappa shape index (κ1) is 14.1. The minimum Gasteiger partial charge on any atom is -0.491 e. The maximum Gasteiger partial charge on any atom is 0.335 e. The van der Waals surface area contributed by atoms with Crippen molar-refractivity contribution in [2.75, 3.05) is 24.7 Å². The molecule has 1 aromatic carbocycles. The number of benzene rings is 1. The smallest absolute Gasteiger partial charge is 0.335 e. The summed E-state index contributed by atoms with van der Waals surface area (Å²) in [6.45, 7) is 6.15. The first-order valence-electron chi connectivity index (χ1n) is 6.50. The number of carbonyl (C=O) groups is 2. The zero-order valence-corrected chi connectivity index (χ0v) is 11.4. The highest BCUT2D eigenvalue weighted by Gasteiger charge is 2.25. The zero-order chi connectivity index (χ0) is 14.5. The van der Waals surface area contributed by atoms with Crippen molar-refractivity contribution in [2.24, 2.45) is 0 Å². The van der Waals surface area contributed by atoms with E-state index in [1.54, 1.807) is 19.1 Å². The molecule has 0 bridgehead atoms. The van der Waals surface area contributed by atoms with Crippen LogP contribution < -0.4 is 9.64 Å². The molecule has 0 radical (unpaired) electrons. The number of fused-ring (bicyclic) bond motifs is 1. The molecule has 5 nitrogen and oxygen atoms in total. The van der Waals surface area contributed by atoms with Crippen molar-refractivity contribution in [3.05, 3.63) is 36.4 Å². The fraction of sp³-hybridized carbons (Fsp3) is 0.333. The van der Waals surface area contributed by atoms with Gasteiger partial charge in [-0.1, -0.05) is 18.7 Å². The number of para-hydroxylation sites is 2. The molecule has 1 heterocycles. The van der Waals surface area contributed by atoms with E-state index in [-0.39, 0.29) is 31.1 Å². The Bertz CT molecular complexity index is 538. The Hall–Kier alpha value is -2.30. The molecular formula is C15H17NO4. The van der Waals surface area contributed by atoms with E-state index in [0.29, 0.717) is 18.0 Å². The molecule has 2 rings (SSSR count). The maximum atomic E-state index is 12.1. The lowest BCUT2D eigenvalue weighted by Gasteiger charge is -2.22. The monoisotopic (exact) mass is 275 g/mol. The minimum atomic E-state index is -0.483. The summed E-state index contributed by atoms with van der Waals surface area (Å²) in [7, 11) is 0. The predicted molar refractivity (Wildman–Crippen MR) is 74.7 cm³/mol. The molecule has 20 heavy (non-hydrogen) atoms. The zero-order valence-electron chi connectivity index (χ0n) is 11.4. The van der Waals surface area contributed by atoms with Gasteiger partial charge in [0.05, 0.1) is 31.9 Å². The van der Waals surface area contributed by atoms with E-state index in [2.05, 4.69) is 6.58 Å². The van der Waals surface area contributed by atoms with Crippen LogP contribution in [-0.2, 0) is 14.3 Å². The summed E-state index contributed by atoms with van der Waals surface area (Å²) in [4.78, 5) is 25.3. The molecule has 0 saturated heterocycles. The number of hydrogen-bond donors (Lipinski definition) is 0. The largest absolute Gasteiger partial charge is 0.491 e. The van der Waals surface area contributed by atoms with Crippen LogP contribution in [0.3, 0.4) is 0 Å². The van der Waals surface area contributed by atoms with Crippen molar-refractivity contribution in [3.63, 3.8) is 0 Å². The third-order valence-electron chi connectivity index (χ3n) is 2.94. The molecule has 0 aromatic heterocycles. The van der Waals surface area contributed by atoms with Crippen LogP contribution >= 0.6 is 0 Å². The van der Waals surface area contributed by atoms with Gasteiger partial charge < -0.3 is 14.4 Å². The van der Waals surface area contributed by atoms with Crippen LogP contribution in [0.15, 0.2) is 36.4 Å². The summed E-state index contributed by atoms with van der Waals surface area (Å²) in [6.07, 6.45) is 0.269. The first-order chi connectivity index (χ1) is 9.63. The second-order valence-corrected chi connectivity index (χ2v) is 4.37. The van der Waals surface area contributed by atoms with E-state index in [0.717, 1.165) is 0 Å². The number of carbonyl (C=O) groups excluding carboxylic acids is 2. The Labute approximate surface area is 117 Å². The quantitative estimate of drug-likeness (QED) is 0.622. The fourth-order valence-electron chi connectivity index (χ4n) is 1.98. The third kappa shape index (κ3) is 2.99. The third-order valence-corrected chi connectivity index (χ3v) is 2.94. The second kappa shape index (κ2) is 6.23. The van der Waals surface area contributed by atoms with Crippen LogP contribution in [0.5, 0.6) is 5.75 Å². The summed E-state index contributed by atoms with van der Waals surface area (Å²) < 4.78 is 10.4. The van der Waals surface area contributed by atoms with Crippen molar-refractivity contribution < 1.29 is 19.1 Å². The molecule has 106 valence electrons. The molecule has 5 heteroatoms. The summed E-state index contributed by atoms with van der Waals surface area (Å²) in [5, 5.41) is 0. The van der Waals surface area contributed by atoms with Crippen molar-refractivity contribution in [3.8, 4) is 5.75 Å². The number of anilines is 1. The minimum absolute atomic E-state index is 0.0969. The molecule has 0 N–H and O–H groups in total. The van der Waals surface area contributed by atoms with Gasteiger partial charge in [0.25, 0.3) is 0 Å². The average Bonchev–Trinajstić information content (AvgIpc) is 2.59. The van der Waals surface area contributed by atoms with Crippen LogP contribution in [-0.4, -0.2) is 31.6 Å². The number of amides is 1. The maximum absolute atomic E-state index is 12.1. The van der Waals surface area contributed by atoms with Gasteiger partial charge in [0, 0.05) is 5.57 Å². The number of nitrogens with zero attached hydrogens (tertiary/aromatic N) is 1. The van der Waals surface area contributed by atoms with Gasteiger partial charge in [0.15, 0.2) is 0 Å². The summed E-state index contributed by atoms with van der Waals surface area (Å²) in [5.41, 5.74) is 0.900. The standard InChI is InChI=1S/C15H17NO4/c1-3-19-15(18)11(2)10-16-12-6-4-5-7-13(12)20-9-8-14(16)17/h4-7H,2-3,8-10H2,1H3. The molecule has 1 aromatic rings. The number of ether oxygens (including phenoxy) is 2. The lowest BCUT2D eigenvalue weighted by molar-refractivity contribution is -0.138. The van der Waals surface area contributed by atoms with Gasteiger partial charge in [0.2, 0.25) is 5.91 Å². The van der Waals surface area contributed by atoms with Crippen molar-refractivity contribution in [2.45, 2.75) is 13.3 Å². The molecule has 0 spiro atoms. The Balaban J connectivity index is 2.22. The highest BCUT2D eigenvalue weighted by Crippen LogP contribution is 2.31. The lowest BCUT2D eigenvalue weighted by Crippen LogP contribution is -2.33. The predicted octanol–water partition coefficient (Wildman–Crippen LogP) is 1.92. The van der Waals surface area contributed by atoms with Gasteiger partial charge in [-0.05, 0) is 19.1 Å². The molecule has 1 aliphatic rings. The van der Waals surface area contributed by atoms with Gasteiger partial charge in [-0.3, -0.25) is 4.79 Å². The number of esters is 1. The molecule has 1 amide bonds. The Morgan fingerprint density at radius 1 is 1.45 bits per heavy atom. The Morgan fingerprint density at radius 3 is 2.95 bits per heavy atom. The van der Waals surface area contributed by atoms with Crippen molar-refractivity contribution in [1.82, 2.24) is 0 Å². The van der Waals surface area contributed by atoms with E-state index in [9.17, 15) is 9.59 Å². The van der Waals surface area contributed by atoms with Crippen LogP contribution in [0.4, 0.5) is 5.69 Å². The highest BCUT2D eigenvalue weighted by molar-refractivity contribution is 5.98. The average molecular weight is 275 g/mol. The molecule has 0 fully saturated rings. The SMILES string of the molecule is C=C(CN1C(=O)CCOc2ccccc21)C(=O)OCC. The van der Waals surface area contributed by atoms with E-state index >= 15 is 0 Å². The van der Waals surface area contributed by atoms with Crippen LogP contribution in [0, 0.1) is 0 Å². The summed E-state index contributed by atoms with van der Waals surface area (Å²) in [6, 6.07) is 7.25. The molecule has 0 aliphatic carbocycles. The molecule has 0 unspecified atom stereocenters. The molecular weight excluding hydrogens is 258 g/mol. The number of rotatable bonds is 4. The molecule has 0 atom stereocenters. The normalized spacial score (nSPS) is 14.1. The molecule has 1 aliphatic heterocycles. The van der Waals surface area contributed by atoms with Crippen LogP contribution in [0.25, 0.3) is 0 Å². The van der Waals surface area contributed by atoms with Gasteiger partial charge in [0.1, 0.15) is 5.75 Å². The Morgan fingerprint density at radius 2 is 2.20 bits per heavy atom. The fourth-order valence-corrected chi connectivity index (χ4v) is 1.98. The van der Waals surface area contributed by atoms with Crippen LogP contribution in [0.1, 0.15) is 13.3 Å². The second-order valence-electron chi connectivity index (χ2n) is 4.37. The first-order valence-corrected chi connectivity index (χ1v) is 6.50. The summed E-state index contributed by atoms with van der Waals surface area (Å²) in [5.74, 6) is 0.0540. The van der Waals surface area contributed by atoms with Crippen molar-refractivity contribution >= 4 is 17.6 Å². The molecule has 0 saturated carbocycles.